The molecule has 1 aromatic carbocycles. The summed E-state index contributed by atoms with van der Waals surface area (Å²) >= 11 is 5.80. The quantitative estimate of drug-likeness (QED) is 0.803. The molecule has 98 valence electrons. The smallest absolute Gasteiger partial charge is 0.335 e. The predicted molar refractivity (Wildman–Crippen MR) is 69.7 cm³/mol. The van der Waals surface area contributed by atoms with Gasteiger partial charge < -0.3 is 10.4 Å². The van der Waals surface area contributed by atoms with Gasteiger partial charge in [-0.25, -0.2) is 4.79 Å². The summed E-state index contributed by atoms with van der Waals surface area (Å²) in [6.07, 6.45) is 1.40. The number of nitrogens with zero attached hydrogens (tertiary/aromatic N) is 1. The molecule has 7 heteroatoms. The summed E-state index contributed by atoms with van der Waals surface area (Å²) < 4.78 is 0. The van der Waals surface area contributed by atoms with Crippen molar-refractivity contribution < 1.29 is 14.7 Å². The van der Waals surface area contributed by atoms with Gasteiger partial charge in [0.15, 0.2) is 0 Å². The van der Waals surface area contributed by atoms with Crippen molar-refractivity contribution in [3.05, 3.63) is 46.2 Å². The van der Waals surface area contributed by atoms with Gasteiger partial charge in [-0.1, -0.05) is 11.6 Å². The molecule has 0 bridgehead atoms. The Labute approximate surface area is 113 Å². The monoisotopic (exact) mass is 279 g/mol. The molecule has 19 heavy (non-hydrogen) atoms. The maximum absolute atomic E-state index is 11.9. The Bertz CT molecular complexity index is 651. The number of carboxylic acids is 1. The number of anilines is 1. The number of amides is 1. The number of nitrogens with one attached hydrogen (secondary N) is 2. The van der Waals surface area contributed by atoms with Crippen molar-refractivity contribution in [2.24, 2.45) is 0 Å². The van der Waals surface area contributed by atoms with Gasteiger partial charge in [0.2, 0.25) is 0 Å². The van der Waals surface area contributed by atoms with Crippen molar-refractivity contribution >= 4 is 29.2 Å². The van der Waals surface area contributed by atoms with E-state index >= 15 is 0 Å². The number of aromatic amines is 1. The lowest BCUT2D eigenvalue weighted by Gasteiger charge is -2.06. The largest absolute Gasteiger partial charge is 0.478 e. The van der Waals surface area contributed by atoms with Gasteiger partial charge in [0.05, 0.1) is 17.3 Å². The highest BCUT2D eigenvalue weighted by Crippen LogP contribution is 2.20. The number of carbonyl (C=O) groups excluding carboxylic acids is 1. The van der Waals surface area contributed by atoms with E-state index in [1.165, 1.54) is 24.4 Å². The molecule has 2 aromatic rings. The number of carboxylic acid groups (broad SMARTS) is 1. The topological polar surface area (TPSA) is 95.1 Å². The first-order chi connectivity index (χ1) is 8.97. The van der Waals surface area contributed by atoms with Gasteiger partial charge in [-0.05, 0) is 25.1 Å². The maximum Gasteiger partial charge on any atom is 0.335 e. The molecule has 0 spiro atoms. The number of rotatable bonds is 3. The fraction of sp³-hybridized carbons (Fsp3) is 0.0833. The molecular formula is C12H10ClN3O3. The molecule has 0 radical (unpaired) electrons. The molecule has 0 saturated heterocycles. The molecule has 1 amide bonds. The molecule has 0 aliphatic heterocycles. The number of aromatic nitrogens is 2. The minimum Gasteiger partial charge on any atom is -0.478 e. The second-order valence-electron chi connectivity index (χ2n) is 3.90. The number of aromatic carboxylic acids is 1. The lowest BCUT2D eigenvalue weighted by molar-refractivity contribution is 0.0696. The maximum atomic E-state index is 11.9. The van der Waals surface area contributed by atoms with Crippen LogP contribution in [0.3, 0.4) is 0 Å². The summed E-state index contributed by atoms with van der Waals surface area (Å²) in [6.45, 7) is 1.71. The number of aryl methyl sites for hydroxylation is 1. The lowest BCUT2D eigenvalue weighted by Crippen LogP contribution is -2.13. The third-order valence-electron chi connectivity index (χ3n) is 2.48. The van der Waals surface area contributed by atoms with Crippen molar-refractivity contribution in [1.29, 1.82) is 0 Å². The normalized spacial score (nSPS) is 10.2. The SMILES string of the molecule is Cc1[nH]ncc1C(=O)Nc1cc(Cl)cc(C(=O)O)c1. The first kappa shape index (κ1) is 13.1. The number of carbonyl (C=O) groups is 2. The first-order valence-electron chi connectivity index (χ1n) is 5.32. The fourth-order valence-electron chi connectivity index (χ4n) is 1.56. The Morgan fingerprint density at radius 2 is 2.11 bits per heavy atom. The number of H-pyrrole nitrogens is 1. The van der Waals surface area contributed by atoms with Gasteiger partial charge in [-0.2, -0.15) is 5.10 Å². The van der Waals surface area contributed by atoms with E-state index in [1.807, 2.05) is 0 Å². The van der Waals surface area contributed by atoms with Gasteiger partial charge >= 0.3 is 5.97 Å². The zero-order valence-corrected chi connectivity index (χ0v) is 10.7. The van der Waals surface area contributed by atoms with Gasteiger partial charge in [0.1, 0.15) is 0 Å². The van der Waals surface area contributed by atoms with E-state index in [4.69, 9.17) is 16.7 Å². The lowest BCUT2D eigenvalue weighted by atomic mass is 10.2. The van der Waals surface area contributed by atoms with Crippen LogP contribution in [0, 0.1) is 6.92 Å². The molecule has 0 saturated carbocycles. The van der Waals surface area contributed by atoms with E-state index in [-0.39, 0.29) is 16.5 Å². The van der Waals surface area contributed by atoms with E-state index in [0.29, 0.717) is 16.9 Å². The highest BCUT2D eigenvalue weighted by Gasteiger charge is 2.13. The van der Waals surface area contributed by atoms with Gasteiger partial charge in [-0.15, -0.1) is 0 Å². The minimum atomic E-state index is -1.11. The number of hydrogen-bond donors (Lipinski definition) is 3. The highest BCUT2D eigenvalue weighted by molar-refractivity contribution is 6.31. The summed E-state index contributed by atoms with van der Waals surface area (Å²) in [4.78, 5) is 22.8. The van der Waals surface area contributed by atoms with Crippen LogP contribution >= 0.6 is 11.6 Å². The van der Waals surface area contributed by atoms with Crippen LogP contribution in [0.1, 0.15) is 26.4 Å². The van der Waals surface area contributed by atoms with E-state index in [2.05, 4.69) is 15.5 Å². The van der Waals surface area contributed by atoms with Crippen LogP contribution in [0.5, 0.6) is 0 Å². The zero-order chi connectivity index (χ0) is 14.0. The molecule has 2 rings (SSSR count). The van der Waals surface area contributed by atoms with Crippen molar-refractivity contribution in [2.45, 2.75) is 6.92 Å². The van der Waals surface area contributed by atoms with Crippen LogP contribution in [0.15, 0.2) is 24.4 Å². The van der Waals surface area contributed by atoms with Crippen molar-refractivity contribution in [2.75, 3.05) is 5.32 Å². The number of benzene rings is 1. The standard InChI is InChI=1S/C12H10ClN3O3/c1-6-10(5-14-16-6)11(17)15-9-3-7(12(18)19)2-8(13)4-9/h2-5H,1H3,(H,14,16)(H,15,17)(H,18,19). The summed E-state index contributed by atoms with van der Waals surface area (Å²) in [6, 6.07) is 4.12. The van der Waals surface area contributed by atoms with Crippen LogP contribution < -0.4 is 5.32 Å². The summed E-state index contributed by atoms with van der Waals surface area (Å²) in [5.41, 5.74) is 1.33. The highest BCUT2D eigenvalue weighted by atomic mass is 35.5. The molecule has 6 nitrogen and oxygen atoms in total. The van der Waals surface area contributed by atoms with Gasteiger partial charge in [0, 0.05) is 16.4 Å². The van der Waals surface area contributed by atoms with Crippen LogP contribution in [-0.2, 0) is 0 Å². The summed E-state index contributed by atoms with van der Waals surface area (Å²) in [5, 5.41) is 18.1. The molecule has 1 aromatic heterocycles. The van der Waals surface area contributed by atoms with E-state index in [0.717, 1.165) is 0 Å². The molecule has 0 atom stereocenters. The van der Waals surface area contributed by atoms with Gasteiger partial charge in [-0.3, -0.25) is 9.89 Å². The average Bonchev–Trinajstić information content (AvgIpc) is 2.74. The summed E-state index contributed by atoms with van der Waals surface area (Å²) in [5.74, 6) is -1.50. The van der Waals surface area contributed by atoms with Crippen LogP contribution in [0.4, 0.5) is 5.69 Å². The van der Waals surface area contributed by atoms with Crippen LogP contribution in [0.25, 0.3) is 0 Å². The fourth-order valence-corrected chi connectivity index (χ4v) is 1.80. The van der Waals surface area contributed by atoms with E-state index < -0.39 is 5.97 Å². The van der Waals surface area contributed by atoms with Crippen LogP contribution in [-0.4, -0.2) is 27.2 Å². The second kappa shape index (κ2) is 5.11. The van der Waals surface area contributed by atoms with E-state index in [1.54, 1.807) is 6.92 Å². The Hall–Kier alpha value is -2.34. The Balaban J connectivity index is 2.26. The Morgan fingerprint density at radius 1 is 1.37 bits per heavy atom. The Kier molecular flexibility index (Phi) is 3.52. The number of hydrogen-bond acceptors (Lipinski definition) is 3. The van der Waals surface area contributed by atoms with Crippen molar-refractivity contribution in [1.82, 2.24) is 10.2 Å². The van der Waals surface area contributed by atoms with Crippen molar-refractivity contribution in [3.63, 3.8) is 0 Å². The third-order valence-corrected chi connectivity index (χ3v) is 2.70. The van der Waals surface area contributed by atoms with Gasteiger partial charge in [0.25, 0.3) is 5.91 Å². The molecule has 1 heterocycles. The molecular weight excluding hydrogens is 270 g/mol. The molecule has 3 N–H and O–H groups in total. The second-order valence-corrected chi connectivity index (χ2v) is 4.33. The number of halogens is 1. The van der Waals surface area contributed by atoms with E-state index in [9.17, 15) is 9.59 Å². The molecule has 0 aliphatic rings. The third kappa shape index (κ3) is 2.92. The molecule has 0 aliphatic carbocycles. The average molecular weight is 280 g/mol. The first-order valence-corrected chi connectivity index (χ1v) is 5.70. The van der Waals surface area contributed by atoms with Crippen molar-refractivity contribution in [3.8, 4) is 0 Å². The molecule has 0 unspecified atom stereocenters. The summed E-state index contributed by atoms with van der Waals surface area (Å²) in [7, 11) is 0. The minimum absolute atomic E-state index is 0.00622. The van der Waals surface area contributed by atoms with Crippen LogP contribution in [0.2, 0.25) is 5.02 Å². The Morgan fingerprint density at radius 3 is 2.68 bits per heavy atom. The zero-order valence-electron chi connectivity index (χ0n) is 9.90. The predicted octanol–water partition coefficient (Wildman–Crippen LogP) is 2.32. The molecule has 0 fully saturated rings.